The van der Waals surface area contributed by atoms with Gasteiger partial charge in [0, 0.05) is 20.1 Å². The van der Waals surface area contributed by atoms with Gasteiger partial charge in [0.2, 0.25) is 0 Å². The van der Waals surface area contributed by atoms with E-state index in [9.17, 15) is 5.11 Å². The number of aliphatic hydroxyl groups excluding tert-OH is 1. The average Bonchev–Trinajstić information content (AvgIpc) is 3.02. The number of methoxy groups -OCH3 is 1. The molecule has 0 amide bonds. The maximum Gasteiger partial charge on any atom is 0.153 e. The predicted molar refractivity (Wildman–Crippen MR) is 113 cm³/mol. The molecule has 5 heteroatoms. The Morgan fingerprint density at radius 3 is 2.61 bits per heavy atom. The van der Waals surface area contributed by atoms with E-state index in [4.69, 9.17) is 16.3 Å². The van der Waals surface area contributed by atoms with E-state index in [1.54, 1.807) is 7.11 Å². The summed E-state index contributed by atoms with van der Waals surface area (Å²) in [5, 5.41) is 10.4. The molecule has 4 nitrogen and oxygen atoms in total. The molecule has 3 rings (SSSR count). The lowest BCUT2D eigenvalue weighted by molar-refractivity contribution is 0.178. The van der Waals surface area contributed by atoms with E-state index in [0.29, 0.717) is 18.3 Å². The first-order valence-corrected chi connectivity index (χ1v) is 10.1. The van der Waals surface area contributed by atoms with Gasteiger partial charge in [0.1, 0.15) is 5.82 Å². The van der Waals surface area contributed by atoms with Gasteiger partial charge in [-0.1, -0.05) is 73.5 Å². The maximum atomic E-state index is 9.92. The molecule has 0 bridgehead atoms. The summed E-state index contributed by atoms with van der Waals surface area (Å²) in [7, 11) is 1.66. The minimum absolute atomic E-state index is 0.00360. The molecule has 0 radical (unpaired) electrons. The molecule has 1 N–H and O–H groups in total. The van der Waals surface area contributed by atoms with Crippen molar-refractivity contribution in [2.75, 3.05) is 7.11 Å². The number of benzene rings is 2. The third-order valence-electron chi connectivity index (χ3n) is 4.90. The molecule has 148 valence electrons. The Balaban J connectivity index is 1.95. The fraction of sp³-hybridized carbons (Fsp3) is 0.348. The van der Waals surface area contributed by atoms with Gasteiger partial charge in [0.05, 0.1) is 18.9 Å². The van der Waals surface area contributed by atoms with Crippen LogP contribution in [0.4, 0.5) is 0 Å². The van der Waals surface area contributed by atoms with Crippen molar-refractivity contribution in [3.63, 3.8) is 0 Å². The molecule has 0 fully saturated rings. The van der Waals surface area contributed by atoms with Crippen molar-refractivity contribution in [2.24, 2.45) is 0 Å². The third kappa shape index (κ3) is 4.64. The Morgan fingerprint density at radius 1 is 1.14 bits per heavy atom. The second-order valence-corrected chi connectivity index (χ2v) is 7.26. The van der Waals surface area contributed by atoms with E-state index < -0.39 is 0 Å². The van der Waals surface area contributed by atoms with Crippen molar-refractivity contribution in [1.82, 2.24) is 9.55 Å². The first-order chi connectivity index (χ1) is 13.7. The number of aromatic nitrogens is 2. The molecule has 0 saturated carbocycles. The molecule has 0 aliphatic carbocycles. The summed E-state index contributed by atoms with van der Waals surface area (Å²) in [6.07, 6.45) is 3.05. The fourth-order valence-electron chi connectivity index (χ4n) is 3.45. The van der Waals surface area contributed by atoms with Gasteiger partial charge in [-0.05, 0) is 28.7 Å². The highest BCUT2D eigenvalue weighted by Crippen LogP contribution is 2.27. The molecule has 0 aliphatic rings. The van der Waals surface area contributed by atoms with E-state index in [2.05, 4.69) is 46.8 Å². The van der Waals surface area contributed by atoms with Crippen LogP contribution >= 0.6 is 11.6 Å². The Hall–Kier alpha value is -2.14. The number of ether oxygens (including phenoxy) is 1. The summed E-state index contributed by atoms with van der Waals surface area (Å²) in [4.78, 5) is 4.57. The first kappa shape index (κ1) is 20.6. The minimum Gasteiger partial charge on any atom is -0.392 e. The first-order valence-electron chi connectivity index (χ1n) is 9.68. The van der Waals surface area contributed by atoms with Gasteiger partial charge in [-0.15, -0.1) is 0 Å². The standard InChI is InChI=1S/C23H27ClN2O2/c1-3-4-10-22-25-23(24)21(16-28-2)26(22)14-17-11-12-20(19(13-17)15-27)18-8-6-5-7-9-18/h5-9,11-13,27H,3-4,10,14-16H2,1-2H3. The zero-order chi connectivity index (χ0) is 19.9. The Labute approximate surface area is 171 Å². The zero-order valence-electron chi connectivity index (χ0n) is 16.5. The number of rotatable bonds is 9. The number of unbranched alkanes of at least 4 members (excludes halogenated alkanes) is 1. The van der Waals surface area contributed by atoms with Crippen molar-refractivity contribution in [3.05, 3.63) is 76.3 Å². The second-order valence-electron chi connectivity index (χ2n) is 6.90. The van der Waals surface area contributed by atoms with Crippen molar-refractivity contribution < 1.29 is 9.84 Å². The molecule has 0 unspecified atom stereocenters. The number of aryl methyl sites for hydroxylation is 1. The average molecular weight is 399 g/mol. The number of hydrogen-bond acceptors (Lipinski definition) is 3. The number of imidazole rings is 1. The number of hydrogen-bond donors (Lipinski definition) is 1. The monoisotopic (exact) mass is 398 g/mol. The van der Waals surface area contributed by atoms with Gasteiger partial charge in [0.15, 0.2) is 5.15 Å². The van der Waals surface area contributed by atoms with Gasteiger partial charge in [-0.3, -0.25) is 0 Å². The number of aliphatic hydroxyl groups is 1. The van der Waals surface area contributed by atoms with Gasteiger partial charge in [0.25, 0.3) is 0 Å². The lowest BCUT2D eigenvalue weighted by Gasteiger charge is -2.14. The van der Waals surface area contributed by atoms with Crippen LogP contribution in [0.5, 0.6) is 0 Å². The molecule has 1 aromatic heterocycles. The summed E-state index contributed by atoms with van der Waals surface area (Å²) < 4.78 is 7.49. The van der Waals surface area contributed by atoms with Crippen LogP contribution in [-0.4, -0.2) is 21.8 Å². The van der Waals surface area contributed by atoms with E-state index in [1.807, 2.05) is 18.2 Å². The lowest BCUT2D eigenvalue weighted by atomic mass is 9.98. The van der Waals surface area contributed by atoms with E-state index in [-0.39, 0.29) is 6.61 Å². The van der Waals surface area contributed by atoms with Crippen molar-refractivity contribution >= 4 is 11.6 Å². The second kappa shape index (κ2) is 9.87. The summed E-state index contributed by atoms with van der Waals surface area (Å²) in [5.41, 5.74) is 5.07. The van der Waals surface area contributed by atoms with Gasteiger partial charge in [-0.25, -0.2) is 4.98 Å². The normalized spacial score (nSPS) is 11.1. The SMILES string of the molecule is CCCCc1nc(Cl)c(COC)n1Cc1ccc(-c2ccccc2)c(CO)c1. The van der Waals surface area contributed by atoms with Crippen LogP contribution < -0.4 is 0 Å². The predicted octanol–water partition coefficient (Wildman–Crippen LogP) is 5.23. The highest BCUT2D eigenvalue weighted by atomic mass is 35.5. The summed E-state index contributed by atoms with van der Waals surface area (Å²) in [6, 6.07) is 16.4. The minimum atomic E-state index is -0.00360. The quantitative estimate of drug-likeness (QED) is 0.536. The molecular formula is C23H27ClN2O2. The Kier molecular flexibility index (Phi) is 7.26. The van der Waals surface area contributed by atoms with E-state index >= 15 is 0 Å². The van der Waals surface area contributed by atoms with Crippen molar-refractivity contribution in [1.29, 1.82) is 0 Å². The van der Waals surface area contributed by atoms with Crippen LogP contribution in [0.25, 0.3) is 11.1 Å². The smallest absolute Gasteiger partial charge is 0.153 e. The van der Waals surface area contributed by atoms with Gasteiger partial charge >= 0.3 is 0 Å². The molecule has 0 spiro atoms. The molecule has 2 aromatic carbocycles. The summed E-state index contributed by atoms with van der Waals surface area (Å²) >= 11 is 6.39. The largest absolute Gasteiger partial charge is 0.392 e. The third-order valence-corrected chi connectivity index (χ3v) is 5.21. The van der Waals surface area contributed by atoms with Gasteiger partial charge in [-0.2, -0.15) is 0 Å². The van der Waals surface area contributed by atoms with E-state index in [0.717, 1.165) is 53.0 Å². The lowest BCUT2D eigenvalue weighted by Crippen LogP contribution is -2.10. The topological polar surface area (TPSA) is 47.3 Å². The molecule has 0 aliphatic heterocycles. The van der Waals surface area contributed by atoms with Gasteiger partial charge < -0.3 is 14.4 Å². The van der Waals surface area contributed by atoms with Crippen LogP contribution in [0.2, 0.25) is 5.15 Å². The van der Waals surface area contributed by atoms with Crippen molar-refractivity contribution in [2.45, 2.75) is 45.9 Å². The van der Waals surface area contributed by atoms with Crippen LogP contribution in [0.3, 0.4) is 0 Å². The molecular weight excluding hydrogens is 372 g/mol. The van der Waals surface area contributed by atoms with Crippen LogP contribution in [0, 0.1) is 0 Å². The summed E-state index contributed by atoms with van der Waals surface area (Å²) in [5.74, 6) is 0.983. The van der Waals surface area contributed by atoms with Crippen molar-refractivity contribution in [3.8, 4) is 11.1 Å². The Morgan fingerprint density at radius 2 is 1.93 bits per heavy atom. The van der Waals surface area contributed by atoms with Crippen LogP contribution in [0.15, 0.2) is 48.5 Å². The van der Waals surface area contributed by atoms with Crippen LogP contribution in [-0.2, 0) is 30.9 Å². The maximum absolute atomic E-state index is 9.92. The Bertz CT molecular complexity index is 906. The van der Waals surface area contributed by atoms with E-state index in [1.165, 1.54) is 0 Å². The number of nitrogens with zero attached hydrogens (tertiary/aromatic N) is 2. The number of halogens is 1. The molecule has 1 heterocycles. The highest BCUT2D eigenvalue weighted by molar-refractivity contribution is 6.30. The zero-order valence-corrected chi connectivity index (χ0v) is 17.2. The fourth-order valence-corrected chi connectivity index (χ4v) is 3.70. The highest BCUT2D eigenvalue weighted by Gasteiger charge is 2.16. The molecule has 3 aromatic rings. The molecule has 0 atom stereocenters. The summed E-state index contributed by atoms with van der Waals surface area (Å²) in [6.45, 7) is 3.24. The molecule has 0 saturated heterocycles. The van der Waals surface area contributed by atoms with Crippen LogP contribution in [0.1, 0.15) is 42.4 Å². The molecule has 28 heavy (non-hydrogen) atoms.